The normalized spacial score (nSPS) is 13.0. The summed E-state index contributed by atoms with van der Waals surface area (Å²) < 4.78 is 24.4. The summed E-state index contributed by atoms with van der Waals surface area (Å²) in [6.45, 7) is 3.65. The molecule has 2 rings (SSSR count). The van der Waals surface area contributed by atoms with Crippen LogP contribution in [0.15, 0.2) is 16.8 Å². The second-order valence-electron chi connectivity index (χ2n) is 5.24. The van der Waals surface area contributed by atoms with Gasteiger partial charge in [-0.2, -0.15) is 11.3 Å². The minimum absolute atomic E-state index is 0.268. The van der Waals surface area contributed by atoms with Gasteiger partial charge in [-0.25, -0.2) is 18.1 Å². The maximum absolute atomic E-state index is 12.0. The van der Waals surface area contributed by atoms with Crippen molar-refractivity contribution >= 4 is 38.6 Å². The fourth-order valence-electron chi connectivity index (χ4n) is 1.93. The summed E-state index contributed by atoms with van der Waals surface area (Å²) in [7, 11) is -3.39. The Balaban J connectivity index is 2.11. The van der Waals surface area contributed by atoms with Crippen LogP contribution in [0.4, 0.5) is 0 Å². The van der Waals surface area contributed by atoms with E-state index in [0.29, 0.717) is 6.42 Å². The number of thiazole rings is 1. The smallest absolute Gasteiger partial charge is 0.235 e. The standard InChI is InChI=1S/C14H19N3O3S3/c1-9-10(2)22-14(16-9)12(6-11-4-5-21-8-11)17-13(18)7-15-23(3,19)20/h4-5,8,12,15H,6-7H2,1-3H3,(H,17,18). The highest BCUT2D eigenvalue weighted by Crippen LogP contribution is 2.26. The molecular formula is C14H19N3O3S3. The van der Waals surface area contributed by atoms with Crippen molar-refractivity contribution in [2.75, 3.05) is 12.8 Å². The van der Waals surface area contributed by atoms with E-state index in [1.165, 1.54) is 0 Å². The monoisotopic (exact) mass is 373 g/mol. The number of hydrogen-bond acceptors (Lipinski definition) is 6. The van der Waals surface area contributed by atoms with E-state index in [4.69, 9.17) is 0 Å². The van der Waals surface area contributed by atoms with Gasteiger partial charge in [-0.1, -0.05) is 0 Å². The van der Waals surface area contributed by atoms with Crippen LogP contribution in [-0.4, -0.2) is 32.1 Å². The molecule has 1 atom stereocenters. The highest BCUT2D eigenvalue weighted by Gasteiger charge is 2.20. The lowest BCUT2D eigenvalue weighted by Gasteiger charge is -2.16. The molecule has 0 aliphatic heterocycles. The van der Waals surface area contributed by atoms with E-state index in [2.05, 4.69) is 15.0 Å². The Morgan fingerprint density at radius 1 is 1.39 bits per heavy atom. The van der Waals surface area contributed by atoms with Gasteiger partial charge in [0.05, 0.1) is 24.5 Å². The Morgan fingerprint density at radius 3 is 2.65 bits per heavy atom. The predicted molar refractivity (Wildman–Crippen MR) is 93.3 cm³/mol. The van der Waals surface area contributed by atoms with Gasteiger partial charge in [-0.3, -0.25) is 4.79 Å². The average Bonchev–Trinajstić information content (AvgIpc) is 3.06. The van der Waals surface area contributed by atoms with Crippen LogP contribution in [0.5, 0.6) is 0 Å². The largest absolute Gasteiger partial charge is 0.345 e. The first-order chi connectivity index (χ1) is 10.7. The predicted octanol–water partition coefficient (Wildman–Crippen LogP) is 1.77. The molecule has 0 fully saturated rings. The van der Waals surface area contributed by atoms with Crippen LogP contribution >= 0.6 is 22.7 Å². The molecule has 2 aromatic rings. The molecule has 0 aliphatic rings. The summed E-state index contributed by atoms with van der Waals surface area (Å²) in [6, 6.07) is 1.74. The summed E-state index contributed by atoms with van der Waals surface area (Å²) in [5, 5.41) is 7.72. The molecule has 0 aromatic carbocycles. The van der Waals surface area contributed by atoms with Crippen molar-refractivity contribution in [3.05, 3.63) is 38.0 Å². The number of nitrogens with zero attached hydrogens (tertiary/aromatic N) is 1. The number of aromatic nitrogens is 1. The SMILES string of the molecule is Cc1nc(C(Cc2ccsc2)NC(=O)CNS(C)(=O)=O)sc1C. The van der Waals surface area contributed by atoms with Gasteiger partial charge in [0.2, 0.25) is 15.9 Å². The quantitative estimate of drug-likeness (QED) is 0.774. The minimum Gasteiger partial charge on any atom is -0.345 e. The van der Waals surface area contributed by atoms with Gasteiger partial charge in [0.1, 0.15) is 5.01 Å². The zero-order valence-corrected chi connectivity index (χ0v) is 15.6. The second-order valence-corrected chi connectivity index (χ2v) is 9.09. The van der Waals surface area contributed by atoms with Gasteiger partial charge < -0.3 is 5.32 Å². The van der Waals surface area contributed by atoms with E-state index < -0.39 is 10.0 Å². The number of carbonyl (C=O) groups excluding carboxylic acids is 1. The van der Waals surface area contributed by atoms with Crippen LogP contribution in [0.25, 0.3) is 0 Å². The molecule has 2 heterocycles. The topological polar surface area (TPSA) is 88.2 Å². The van der Waals surface area contributed by atoms with Crippen molar-refractivity contribution < 1.29 is 13.2 Å². The van der Waals surface area contributed by atoms with Gasteiger partial charge in [0.15, 0.2) is 0 Å². The van der Waals surface area contributed by atoms with E-state index in [1.54, 1.807) is 22.7 Å². The average molecular weight is 374 g/mol. The van der Waals surface area contributed by atoms with Gasteiger partial charge in [-0.05, 0) is 36.2 Å². The van der Waals surface area contributed by atoms with Crippen LogP contribution < -0.4 is 10.0 Å². The molecule has 1 amide bonds. The van der Waals surface area contributed by atoms with Crippen LogP contribution in [0.3, 0.4) is 0 Å². The third kappa shape index (κ3) is 5.69. The molecular weight excluding hydrogens is 354 g/mol. The molecule has 0 radical (unpaired) electrons. The Morgan fingerprint density at radius 2 is 2.13 bits per heavy atom. The van der Waals surface area contributed by atoms with E-state index in [1.807, 2.05) is 30.7 Å². The molecule has 2 N–H and O–H groups in total. The molecule has 0 aliphatic carbocycles. The molecule has 6 nitrogen and oxygen atoms in total. The second kappa shape index (κ2) is 7.52. The van der Waals surface area contributed by atoms with Crippen LogP contribution in [-0.2, 0) is 21.2 Å². The number of nitrogens with one attached hydrogen (secondary N) is 2. The molecule has 126 valence electrons. The first kappa shape index (κ1) is 18.1. The van der Waals surface area contributed by atoms with E-state index >= 15 is 0 Å². The number of hydrogen-bond donors (Lipinski definition) is 2. The van der Waals surface area contributed by atoms with Gasteiger partial charge >= 0.3 is 0 Å². The van der Waals surface area contributed by atoms with Gasteiger partial charge in [-0.15, -0.1) is 11.3 Å². The van der Waals surface area contributed by atoms with Crippen molar-refractivity contribution in [3.8, 4) is 0 Å². The number of amides is 1. The highest BCUT2D eigenvalue weighted by molar-refractivity contribution is 7.88. The molecule has 23 heavy (non-hydrogen) atoms. The number of carbonyl (C=O) groups is 1. The Kier molecular flexibility index (Phi) is 5.90. The maximum Gasteiger partial charge on any atom is 0.235 e. The number of rotatable bonds is 7. The molecule has 0 saturated heterocycles. The summed E-state index contributed by atoms with van der Waals surface area (Å²) in [6.07, 6.45) is 1.65. The summed E-state index contributed by atoms with van der Waals surface area (Å²) in [4.78, 5) is 17.7. The molecule has 1 unspecified atom stereocenters. The Hall–Kier alpha value is -1.29. The van der Waals surface area contributed by atoms with Crippen molar-refractivity contribution in [1.82, 2.24) is 15.0 Å². The van der Waals surface area contributed by atoms with Crippen molar-refractivity contribution in [1.29, 1.82) is 0 Å². The first-order valence-corrected chi connectivity index (χ1v) is 10.6. The van der Waals surface area contributed by atoms with E-state index in [-0.39, 0.29) is 18.5 Å². The van der Waals surface area contributed by atoms with E-state index in [9.17, 15) is 13.2 Å². The molecule has 0 saturated carbocycles. The minimum atomic E-state index is -3.39. The van der Waals surface area contributed by atoms with Gasteiger partial charge in [0, 0.05) is 11.3 Å². The number of thiophene rings is 1. The summed E-state index contributed by atoms with van der Waals surface area (Å²) in [5.74, 6) is -0.374. The molecule has 0 spiro atoms. The first-order valence-electron chi connectivity index (χ1n) is 6.93. The van der Waals surface area contributed by atoms with Crippen molar-refractivity contribution in [2.24, 2.45) is 0 Å². The molecule has 2 aromatic heterocycles. The number of aryl methyl sites for hydroxylation is 2. The van der Waals surface area contributed by atoms with Crippen LogP contribution in [0.1, 0.15) is 27.2 Å². The van der Waals surface area contributed by atoms with Crippen LogP contribution in [0, 0.1) is 13.8 Å². The highest BCUT2D eigenvalue weighted by atomic mass is 32.2. The van der Waals surface area contributed by atoms with Crippen LogP contribution in [0.2, 0.25) is 0 Å². The van der Waals surface area contributed by atoms with Crippen molar-refractivity contribution in [2.45, 2.75) is 26.3 Å². The molecule has 0 bridgehead atoms. The fraction of sp³-hybridized carbons (Fsp3) is 0.429. The Bertz CT molecular complexity index is 747. The Labute approximate surface area is 144 Å². The maximum atomic E-state index is 12.0. The van der Waals surface area contributed by atoms with E-state index in [0.717, 1.165) is 27.4 Å². The third-order valence-corrected chi connectivity index (χ3v) is 5.78. The van der Waals surface area contributed by atoms with Crippen molar-refractivity contribution in [3.63, 3.8) is 0 Å². The summed E-state index contributed by atoms with van der Waals surface area (Å²) >= 11 is 3.15. The lowest BCUT2D eigenvalue weighted by atomic mass is 10.1. The zero-order chi connectivity index (χ0) is 17.0. The van der Waals surface area contributed by atoms with Gasteiger partial charge in [0.25, 0.3) is 0 Å². The summed E-state index contributed by atoms with van der Waals surface area (Å²) in [5.41, 5.74) is 2.06. The third-order valence-electron chi connectivity index (χ3n) is 3.19. The zero-order valence-electron chi connectivity index (χ0n) is 13.1. The lowest BCUT2D eigenvalue weighted by Crippen LogP contribution is -2.38. The number of sulfonamides is 1. The fourth-order valence-corrected chi connectivity index (χ4v) is 3.98. The lowest BCUT2D eigenvalue weighted by molar-refractivity contribution is -0.120. The molecule has 9 heteroatoms.